The van der Waals surface area contributed by atoms with Crippen LogP contribution in [0.15, 0.2) is 42.6 Å². The molecule has 0 aliphatic rings. The molecular formula is C15H12N3O4S2-. The van der Waals surface area contributed by atoms with Crippen molar-refractivity contribution in [3.8, 4) is 10.6 Å². The number of carbonyl (C=O) groups is 1. The number of para-hydroxylation sites is 1. The van der Waals surface area contributed by atoms with Crippen LogP contribution >= 0.6 is 11.3 Å². The van der Waals surface area contributed by atoms with Gasteiger partial charge >= 0.3 is 5.97 Å². The number of nitrogens with one attached hydrogen (secondary N) is 1. The maximum Gasteiger partial charge on any atom is 0.348 e. The van der Waals surface area contributed by atoms with Gasteiger partial charge in [-0.1, -0.05) is 18.2 Å². The first-order chi connectivity index (χ1) is 11.5. The van der Waals surface area contributed by atoms with Crippen LogP contribution in [-0.2, 0) is 11.3 Å². The number of aromatic nitrogens is 2. The smallest absolute Gasteiger partial charge is 0.348 e. The number of aromatic amines is 1. The van der Waals surface area contributed by atoms with Crippen molar-refractivity contribution in [1.29, 1.82) is 0 Å². The van der Waals surface area contributed by atoms with E-state index in [1.807, 2.05) is 0 Å². The molecule has 0 radical (unpaired) electrons. The van der Waals surface area contributed by atoms with E-state index < -0.39 is 17.2 Å². The fraction of sp³-hybridized carbons (Fsp3) is 0.0667. The topological polar surface area (TPSA) is 109 Å². The highest BCUT2D eigenvalue weighted by Crippen LogP contribution is 2.40. The lowest BCUT2D eigenvalue weighted by molar-refractivity contribution is 0.0703. The van der Waals surface area contributed by atoms with Gasteiger partial charge in [-0.2, -0.15) is 5.10 Å². The minimum atomic E-state index is -2.68. The molecule has 2 heterocycles. The molecule has 0 aliphatic heterocycles. The lowest BCUT2D eigenvalue weighted by atomic mass is 10.2. The highest BCUT2D eigenvalue weighted by Gasteiger charge is 2.24. The van der Waals surface area contributed by atoms with Gasteiger partial charge < -0.3 is 9.66 Å². The van der Waals surface area contributed by atoms with Gasteiger partial charge in [0.2, 0.25) is 0 Å². The van der Waals surface area contributed by atoms with Crippen molar-refractivity contribution in [3.05, 3.63) is 53.0 Å². The molecule has 1 atom stereocenters. The molecule has 3 rings (SSSR count). The van der Waals surface area contributed by atoms with E-state index in [0.29, 0.717) is 21.8 Å². The van der Waals surface area contributed by atoms with Gasteiger partial charge in [0, 0.05) is 6.20 Å². The number of aryl methyl sites for hydroxylation is 1. The Morgan fingerprint density at radius 2 is 2.08 bits per heavy atom. The molecule has 0 saturated carbocycles. The number of benzene rings is 1. The quantitative estimate of drug-likeness (QED) is 0.678. The van der Waals surface area contributed by atoms with Crippen molar-refractivity contribution in [3.63, 3.8) is 0 Å². The number of carboxylic acids is 1. The molecule has 0 amide bonds. The lowest BCUT2D eigenvalue weighted by Gasteiger charge is -2.27. The third-order valence-corrected chi connectivity index (χ3v) is 5.21. The number of anilines is 2. The van der Waals surface area contributed by atoms with E-state index in [0.717, 1.165) is 15.6 Å². The highest BCUT2D eigenvalue weighted by atomic mass is 32.2. The fourth-order valence-corrected chi connectivity index (χ4v) is 3.98. The molecule has 2 N–H and O–H groups in total. The van der Waals surface area contributed by atoms with E-state index in [1.54, 1.807) is 43.5 Å². The van der Waals surface area contributed by atoms with E-state index in [1.165, 1.54) is 6.07 Å². The van der Waals surface area contributed by atoms with Crippen LogP contribution in [0, 0.1) is 6.92 Å². The number of rotatable bonds is 5. The molecule has 0 aliphatic carbocycles. The van der Waals surface area contributed by atoms with Gasteiger partial charge in [0.1, 0.15) is 4.88 Å². The van der Waals surface area contributed by atoms with E-state index in [4.69, 9.17) is 0 Å². The number of thiophene rings is 1. The van der Waals surface area contributed by atoms with Gasteiger partial charge in [0.05, 0.1) is 33.2 Å². The minimum absolute atomic E-state index is 0.0629. The first-order valence-electron chi connectivity index (χ1n) is 6.81. The maximum absolute atomic E-state index is 11.8. The number of hydrogen-bond acceptors (Lipinski definition) is 5. The summed E-state index contributed by atoms with van der Waals surface area (Å²) in [6, 6.07) is 10.1. The molecule has 0 saturated heterocycles. The molecule has 2 aromatic heterocycles. The van der Waals surface area contributed by atoms with E-state index in [2.05, 4.69) is 10.2 Å². The molecule has 24 heavy (non-hydrogen) atoms. The second-order valence-corrected chi connectivity index (χ2v) is 6.75. The monoisotopic (exact) mass is 362 g/mol. The molecule has 9 heteroatoms. The summed E-state index contributed by atoms with van der Waals surface area (Å²) < 4.78 is 24.7. The Balaban J connectivity index is 2.20. The SMILES string of the molecule is Cc1ccccc1N(c1cc(-c2ccn[nH]2)sc1C(=O)O)S(=O)[O-]. The summed E-state index contributed by atoms with van der Waals surface area (Å²) in [4.78, 5) is 12.1. The predicted molar refractivity (Wildman–Crippen MR) is 91.1 cm³/mol. The Morgan fingerprint density at radius 1 is 1.33 bits per heavy atom. The highest BCUT2D eigenvalue weighted by molar-refractivity contribution is 7.81. The molecule has 0 spiro atoms. The van der Waals surface area contributed by atoms with Crippen LogP contribution in [-0.4, -0.2) is 30.0 Å². The second-order valence-electron chi connectivity index (χ2n) is 4.90. The van der Waals surface area contributed by atoms with Crippen molar-refractivity contribution in [2.24, 2.45) is 0 Å². The maximum atomic E-state index is 11.8. The summed E-state index contributed by atoms with van der Waals surface area (Å²) in [6.07, 6.45) is 1.54. The Hall–Kier alpha value is -2.49. The molecule has 124 valence electrons. The van der Waals surface area contributed by atoms with Gasteiger partial charge in [-0.25, -0.2) is 4.79 Å². The Bertz CT molecular complexity index is 905. The molecule has 0 fully saturated rings. The van der Waals surface area contributed by atoms with Crippen LogP contribution in [0.5, 0.6) is 0 Å². The van der Waals surface area contributed by atoms with Crippen molar-refractivity contribution >= 4 is 39.9 Å². The van der Waals surface area contributed by atoms with Gasteiger partial charge in [-0.15, -0.1) is 11.3 Å². The van der Waals surface area contributed by atoms with Gasteiger partial charge in [-0.3, -0.25) is 13.6 Å². The van der Waals surface area contributed by atoms with Crippen LogP contribution < -0.4 is 4.31 Å². The summed E-state index contributed by atoms with van der Waals surface area (Å²) >= 11 is -1.69. The average Bonchev–Trinajstić information content (AvgIpc) is 3.18. The normalized spacial score (nSPS) is 12.1. The van der Waals surface area contributed by atoms with Gasteiger partial charge in [-0.05, 0) is 30.7 Å². The van der Waals surface area contributed by atoms with E-state index >= 15 is 0 Å². The molecule has 7 nitrogen and oxygen atoms in total. The van der Waals surface area contributed by atoms with E-state index in [-0.39, 0.29) is 10.6 Å². The van der Waals surface area contributed by atoms with Crippen molar-refractivity contribution in [2.45, 2.75) is 6.92 Å². The van der Waals surface area contributed by atoms with Crippen LogP contribution in [0.3, 0.4) is 0 Å². The lowest BCUT2D eigenvalue weighted by Crippen LogP contribution is -2.21. The third kappa shape index (κ3) is 2.96. The van der Waals surface area contributed by atoms with Gasteiger partial charge in [0.15, 0.2) is 0 Å². The Labute approximate surface area is 144 Å². The zero-order valence-electron chi connectivity index (χ0n) is 12.4. The summed E-state index contributed by atoms with van der Waals surface area (Å²) in [5.41, 5.74) is 1.84. The average molecular weight is 362 g/mol. The first kappa shape index (κ1) is 16.4. The summed E-state index contributed by atoms with van der Waals surface area (Å²) in [7, 11) is 0. The number of H-pyrrole nitrogens is 1. The molecular weight excluding hydrogens is 350 g/mol. The van der Waals surface area contributed by atoms with Crippen molar-refractivity contribution < 1.29 is 18.7 Å². The number of nitrogens with zero attached hydrogens (tertiary/aromatic N) is 2. The molecule has 0 bridgehead atoms. The number of aromatic carboxylic acids is 1. The van der Waals surface area contributed by atoms with Crippen LogP contribution in [0.25, 0.3) is 10.6 Å². The summed E-state index contributed by atoms with van der Waals surface area (Å²) in [5.74, 6) is -1.19. The van der Waals surface area contributed by atoms with Gasteiger partial charge in [0.25, 0.3) is 0 Å². The van der Waals surface area contributed by atoms with Crippen LogP contribution in [0.1, 0.15) is 15.2 Å². The Morgan fingerprint density at radius 3 is 2.67 bits per heavy atom. The summed E-state index contributed by atoms with van der Waals surface area (Å²) in [6.45, 7) is 1.76. The third-order valence-electron chi connectivity index (χ3n) is 3.38. The largest absolute Gasteiger partial charge is 0.755 e. The number of carboxylic acid groups (broad SMARTS) is 1. The standard InChI is InChI=1S/C15H13N3O4S2/c1-9-4-2-3-5-11(9)18(24(21)22)12-8-13(10-6-7-16-17-10)23-14(12)15(19)20/h2-8H,1H3,(H,16,17)(H,19,20)(H,21,22)/p-1. The first-order valence-corrected chi connectivity index (χ1v) is 8.66. The number of hydrogen-bond donors (Lipinski definition) is 2. The molecule has 1 unspecified atom stereocenters. The van der Waals surface area contributed by atoms with E-state index in [9.17, 15) is 18.7 Å². The van der Waals surface area contributed by atoms with Crippen molar-refractivity contribution in [2.75, 3.05) is 4.31 Å². The van der Waals surface area contributed by atoms with Crippen LogP contribution in [0.4, 0.5) is 11.4 Å². The predicted octanol–water partition coefficient (Wildman–Crippen LogP) is 3.08. The molecule has 1 aromatic carbocycles. The zero-order chi connectivity index (χ0) is 17.3. The Kier molecular flexibility index (Phi) is 4.47. The van der Waals surface area contributed by atoms with Crippen LogP contribution in [0.2, 0.25) is 0 Å². The fourth-order valence-electron chi connectivity index (χ4n) is 2.29. The van der Waals surface area contributed by atoms with Crippen molar-refractivity contribution in [1.82, 2.24) is 10.2 Å². The summed E-state index contributed by atoms with van der Waals surface area (Å²) in [5, 5.41) is 16.1. The zero-order valence-corrected chi connectivity index (χ0v) is 14.1. The second kappa shape index (κ2) is 6.56. The minimum Gasteiger partial charge on any atom is -0.755 e. The molecule has 3 aromatic rings.